The first-order valence-corrected chi connectivity index (χ1v) is 10.5. The number of primary amides is 1. The van der Waals surface area contributed by atoms with E-state index < -0.39 is 11.8 Å². The number of nitrogens with two attached hydrogens (primary N) is 1. The molecule has 10 heteroatoms. The molecule has 9 nitrogen and oxygen atoms in total. The minimum atomic E-state index is -0.634. The molecule has 160 valence electrons. The summed E-state index contributed by atoms with van der Waals surface area (Å²) in [5.41, 5.74) is 7.34. The van der Waals surface area contributed by atoms with Crippen LogP contribution in [0.1, 0.15) is 50.9 Å². The summed E-state index contributed by atoms with van der Waals surface area (Å²) in [7, 11) is 0. The Morgan fingerprint density at radius 3 is 2.26 bits per heavy atom. The molecular formula is C21H20N4O5S. The van der Waals surface area contributed by atoms with E-state index in [0.717, 1.165) is 15.3 Å². The van der Waals surface area contributed by atoms with Gasteiger partial charge in [-0.25, -0.2) is 0 Å². The summed E-state index contributed by atoms with van der Waals surface area (Å²) in [5.74, 6) is -1.67. The third-order valence-electron chi connectivity index (χ3n) is 5.41. The first-order valence-electron chi connectivity index (χ1n) is 9.73. The monoisotopic (exact) mass is 440 g/mol. The van der Waals surface area contributed by atoms with Crippen LogP contribution in [0.4, 0.5) is 10.7 Å². The molecule has 1 aromatic carbocycles. The Hall–Kier alpha value is -3.53. The Morgan fingerprint density at radius 1 is 1.03 bits per heavy atom. The van der Waals surface area contributed by atoms with Crippen molar-refractivity contribution in [3.05, 3.63) is 45.8 Å². The normalized spacial score (nSPS) is 15.8. The number of anilines is 2. The summed E-state index contributed by atoms with van der Waals surface area (Å²) in [5, 5.41) is 3.09. The van der Waals surface area contributed by atoms with E-state index in [2.05, 4.69) is 5.32 Å². The molecule has 1 aromatic heterocycles. The number of imide groups is 1. The van der Waals surface area contributed by atoms with Gasteiger partial charge in [0.25, 0.3) is 11.8 Å². The maximum atomic E-state index is 12.8. The van der Waals surface area contributed by atoms with E-state index in [1.54, 1.807) is 4.90 Å². The summed E-state index contributed by atoms with van der Waals surface area (Å²) < 4.78 is 0. The minimum Gasteiger partial charge on any atom is -0.365 e. The van der Waals surface area contributed by atoms with Crippen molar-refractivity contribution in [1.82, 2.24) is 4.90 Å². The molecule has 0 spiro atoms. The Balaban J connectivity index is 1.56. The fourth-order valence-electron chi connectivity index (χ4n) is 3.82. The minimum absolute atomic E-state index is 0.0553. The highest BCUT2D eigenvalue weighted by Gasteiger charge is 2.31. The maximum absolute atomic E-state index is 12.8. The SMILES string of the molecule is CC(=O)N1CCc2c(sc(NC(=O)c3ccc(N4C(=O)CCC4=O)cc3)c2C(N)=O)C1. The largest absolute Gasteiger partial charge is 0.365 e. The van der Waals surface area contributed by atoms with Crippen LogP contribution in [0.3, 0.4) is 0 Å². The van der Waals surface area contributed by atoms with Crippen LogP contribution in [0.2, 0.25) is 0 Å². The standard InChI is InChI=1S/C21H20N4O5S/c1-11(26)24-9-8-14-15(10-24)31-21(18(14)19(22)29)23-20(30)12-2-4-13(5-3-12)25-16(27)6-7-17(25)28/h2-5H,6-10H2,1H3,(H2,22,29)(H,23,30). The smallest absolute Gasteiger partial charge is 0.256 e. The molecule has 3 heterocycles. The third-order valence-corrected chi connectivity index (χ3v) is 6.55. The fourth-order valence-corrected chi connectivity index (χ4v) is 5.09. The molecule has 4 rings (SSSR count). The average molecular weight is 440 g/mol. The van der Waals surface area contributed by atoms with E-state index in [4.69, 9.17) is 5.73 Å². The van der Waals surface area contributed by atoms with E-state index >= 15 is 0 Å². The molecule has 0 saturated carbocycles. The highest BCUT2D eigenvalue weighted by Crippen LogP contribution is 2.37. The number of hydrogen-bond donors (Lipinski definition) is 2. The zero-order chi connectivity index (χ0) is 22.3. The number of rotatable bonds is 4. The highest BCUT2D eigenvalue weighted by atomic mass is 32.1. The molecule has 3 N–H and O–H groups in total. The highest BCUT2D eigenvalue weighted by molar-refractivity contribution is 7.17. The molecule has 2 aliphatic rings. The molecule has 0 aliphatic carbocycles. The molecule has 5 amide bonds. The first-order chi connectivity index (χ1) is 14.8. The topological polar surface area (TPSA) is 130 Å². The number of amides is 5. The summed E-state index contributed by atoms with van der Waals surface area (Å²) in [4.78, 5) is 63.9. The number of carbonyl (C=O) groups excluding carboxylic acids is 5. The van der Waals surface area contributed by atoms with Crippen LogP contribution < -0.4 is 16.0 Å². The van der Waals surface area contributed by atoms with Gasteiger partial charge in [0, 0.05) is 36.8 Å². The second-order valence-corrected chi connectivity index (χ2v) is 8.49. The molecule has 0 bridgehead atoms. The predicted octanol–water partition coefficient (Wildman–Crippen LogP) is 1.66. The van der Waals surface area contributed by atoms with Gasteiger partial charge in [0.1, 0.15) is 5.00 Å². The van der Waals surface area contributed by atoms with Gasteiger partial charge in [0.05, 0.1) is 17.8 Å². The van der Waals surface area contributed by atoms with Crippen LogP contribution in [0.5, 0.6) is 0 Å². The van der Waals surface area contributed by atoms with Gasteiger partial charge in [0.15, 0.2) is 0 Å². The molecular weight excluding hydrogens is 420 g/mol. The van der Waals surface area contributed by atoms with E-state index in [1.807, 2.05) is 0 Å². The number of benzene rings is 1. The van der Waals surface area contributed by atoms with E-state index in [1.165, 1.54) is 42.5 Å². The number of fused-ring (bicyclic) bond motifs is 1. The summed E-state index contributed by atoms with van der Waals surface area (Å²) in [6, 6.07) is 6.10. The van der Waals surface area contributed by atoms with Gasteiger partial charge in [-0.1, -0.05) is 0 Å². The van der Waals surface area contributed by atoms with Crippen LogP contribution in [0.15, 0.2) is 24.3 Å². The molecule has 1 saturated heterocycles. The number of hydrogen-bond acceptors (Lipinski definition) is 6. The Labute approximate surface area is 181 Å². The van der Waals surface area contributed by atoms with Crippen molar-refractivity contribution in [3.63, 3.8) is 0 Å². The summed E-state index contributed by atoms with van der Waals surface area (Å²) >= 11 is 1.23. The van der Waals surface area contributed by atoms with E-state index in [9.17, 15) is 24.0 Å². The zero-order valence-electron chi connectivity index (χ0n) is 16.8. The number of nitrogens with zero attached hydrogens (tertiary/aromatic N) is 2. The van der Waals surface area contributed by atoms with Gasteiger partial charge >= 0.3 is 0 Å². The summed E-state index contributed by atoms with van der Waals surface area (Å²) in [6.45, 7) is 2.35. The third kappa shape index (κ3) is 3.81. The number of thiophene rings is 1. The second kappa shape index (κ2) is 7.95. The summed E-state index contributed by atoms with van der Waals surface area (Å²) in [6.07, 6.45) is 0.855. The van der Waals surface area contributed by atoms with Gasteiger partial charge in [-0.2, -0.15) is 0 Å². The van der Waals surface area contributed by atoms with Crippen molar-refractivity contribution in [3.8, 4) is 0 Å². The van der Waals surface area contributed by atoms with Gasteiger partial charge in [-0.3, -0.25) is 28.9 Å². The van der Waals surface area contributed by atoms with Crippen LogP contribution >= 0.6 is 11.3 Å². The molecule has 31 heavy (non-hydrogen) atoms. The van der Waals surface area contributed by atoms with Crippen LogP contribution in [0.25, 0.3) is 0 Å². The van der Waals surface area contributed by atoms with Crippen LogP contribution in [-0.4, -0.2) is 41.0 Å². The lowest BCUT2D eigenvalue weighted by Crippen LogP contribution is -2.34. The lowest BCUT2D eigenvalue weighted by Gasteiger charge is -2.25. The lowest BCUT2D eigenvalue weighted by atomic mass is 10.0. The van der Waals surface area contributed by atoms with Gasteiger partial charge in [-0.15, -0.1) is 11.3 Å². The van der Waals surface area contributed by atoms with Crippen molar-refractivity contribution in [1.29, 1.82) is 0 Å². The maximum Gasteiger partial charge on any atom is 0.256 e. The molecule has 1 fully saturated rings. The van der Waals surface area contributed by atoms with E-state index in [0.29, 0.717) is 35.8 Å². The van der Waals surface area contributed by atoms with Crippen molar-refractivity contribution < 1.29 is 24.0 Å². The first kappa shape index (κ1) is 20.7. The van der Waals surface area contributed by atoms with Crippen molar-refractivity contribution in [2.24, 2.45) is 5.73 Å². The molecule has 2 aliphatic heterocycles. The van der Waals surface area contributed by atoms with Gasteiger partial charge in [-0.05, 0) is 36.2 Å². The van der Waals surface area contributed by atoms with Crippen molar-refractivity contribution in [2.45, 2.75) is 32.7 Å². The van der Waals surface area contributed by atoms with Crippen LogP contribution in [0, 0.1) is 0 Å². The van der Waals surface area contributed by atoms with E-state index in [-0.39, 0.29) is 36.1 Å². The molecule has 0 radical (unpaired) electrons. The van der Waals surface area contributed by atoms with Crippen molar-refractivity contribution >= 4 is 51.6 Å². The number of nitrogens with one attached hydrogen (secondary N) is 1. The Kier molecular flexibility index (Phi) is 5.32. The molecule has 2 aromatic rings. The Bertz CT molecular complexity index is 1110. The Morgan fingerprint density at radius 2 is 1.68 bits per heavy atom. The zero-order valence-corrected chi connectivity index (χ0v) is 17.6. The number of carbonyl (C=O) groups is 5. The van der Waals surface area contributed by atoms with Gasteiger partial charge in [0.2, 0.25) is 17.7 Å². The molecule has 0 atom stereocenters. The quantitative estimate of drug-likeness (QED) is 0.699. The van der Waals surface area contributed by atoms with Crippen molar-refractivity contribution in [2.75, 3.05) is 16.8 Å². The average Bonchev–Trinajstić information content (AvgIpc) is 3.26. The van der Waals surface area contributed by atoms with Gasteiger partial charge < -0.3 is 16.0 Å². The predicted molar refractivity (Wildman–Crippen MR) is 114 cm³/mol. The second-order valence-electron chi connectivity index (χ2n) is 7.39. The molecule has 0 unspecified atom stereocenters. The lowest BCUT2D eigenvalue weighted by molar-refractivity contribution is -0.129. The van der Waals surface area contributed by atoms with Crippen LogP contribution in [-0.2, 0) is 27.3 Å². The fraction of sp³-hybridized carbons (Fsp3) is 0.286.